The number of carbonyl (C=O) groups is 2. The van der Waals surface area contributed by atoms with E-state index in [4.69, 9.17) is 0 Å². The van der Waals surface area contributed by atoms with Crippen LogP contribution in [0.3, 0.4) is 0 Å². The SMILES string of the molecule is CN(C)C(=O)C1(Cc2cccc(-c3cccnc3)c2)CCN(C(=O)C2CCCC2)CC1. The average Bonchev–Trinajstić information content (AvgIpc) is 3.34. The van der Waals surface area contributed by atoms with Crippen LogP contribution in [-0.4, -0.2) is 53.8 Å². The van der Waals surface area contributed by atoms with E-state index in [0.717, 1.165) is 42.4 Å². The maximum Gasteiger partial charge on any atom is 0.228 e. The number of aromatic nitrogens is 1. The summed E-state index contributed by atoms with van der Waals surface area (Å²) >= 11 is 0. The van der Waals surface area contributed by atoms with Gasteiger partial charge in [0.1, 0.15) is 0 Å². The number of likely N-dealkylation sites (tertiary alicyclic amines) is 1. The van der Waals surface area contributed by atoms with E-state index >= 15 is 0 Å². The maximum absolute atomic E-state index is 13.3. The summed E-state index contributed by atoms with van der Waals surface area (Å²) in [5, 5.41) is 0. The van der Waals surface area contributed by atoms with E-state index in [2.05, 4.69) is 35.3 Å². The van der Waals surface area contributed by atoms with Crippen LogP contribution in [0.2, 0.25) is 0 Å². The minimum absolute atomic E-state index is 0.173. The number of hydrogen-bond donors (Lipinski definition) is 0. The van der Waals surface area contributed by atoms with Crippen molar-refractivity contribution < 1.29 is 9.59 Å². The molecule has 0 spiro atoms. The third kappa shape index (κ3) is 4.65. The van der Waals surface area contributed by atoms with Crippen molar-refractivity contribution in [3.05, 3.63) is 54.4 Å². The molecule has 4 rings (SSSR count). The molecule has 0 radical (unpaired) electrons. The number of amides is 2. The molecule has 2 amide bonds. The normalized spacial score (nSPS) is 18.7. The predicted molar refractivity (Wildman–Crippen MR) is 122 cm³/mol. The Morgan fingerprint density at radius 2 is 1.77 bits per heavy atom. The Bertz CT molecular complexity index is 911. The number of nitrogens with zero attached hydrogens (tertiary/aromatic N) is 3. The summed E-state index contributed by atoms with van der Waals surface area (Å²) in [4.78, 5) is 34.2. The van der Waals surface area contributed by atoms with Gasteiger partial charge in [0.05, 0.1) is 5.41 Å². The second-order valence-corrected chi connectivity index (χ2v) is 9.41. The number of rotatable bonds is 5. The van der Waals surface area contributed by atoms with Crippen LogP contribution in [-0.2, 0) is 16.0 Å². The lowest BCUT2D eigenvalue weighted by Gasteiger charge is -2.42. The first-order valence-corrected chi connectivity index (χ1v) is 11.5. The molecule has 2 fully saturated rings. The van der Waals surface area contributed by atoms with E-state index in [1.54, 1.807) is 11.1 Å². The Morgan fingerprint density at radius 3 is 2.42 bits per heavy atom. The fourth-order valence-electron chi connectivity index (χ4n) is 5.31. The fourth-order valence-corrected chi connectivity index (χ4v) is 5.31. The number of pyridine rings is 1. The lowest BCUT2D eigenvalue weighted by molar-refractivity contribution is -0.147. The molecular formula is C26H33N3O2. The summed E-state index contributed by atoms with van der Waals surface area (Å²) < 4.78 is 0. The molecule has 5 nitrogen and oxygen atoms in total. The molecule has 0 unspecified atom stereocenters. The Morgan fingerprint density at radius 1 is 1.06 bits per heavy atom. The number of benzene rings is 1. The van der Waals surface area contributed by atoms with E-state index < -0.39 is 5.41 Å². The molecule has 2 aromatic rings. The van der Waals surface area contributed by atoms with Crippen LogP contribution >= 0.6 is 0 Å². The molecule has 0 bridgehead atoms. The largest absolute Gasteiger partial charge is 0.348 e. The molecule has 0 atom stereocenters. The first-order chi connectivity index (χ1) is 15.0. The molecule has 5 heteroatoms. The summed E-state index contributed by atoms with van der Waals surface area (Å²) in [7, 11) is 3.68. The highest BCUT2D eigenvalue weighted by molar-refractivity contribution is 5.84. The third-order valence-corrected chi connectivity index (χ3v) is 7.06. The number of hydrogen-bond acceptors (Lipinski definition) is 3. The smallest absolute Gasteiger partial charge is 0.228 e. The zero-order valence-electron chi connectivity index (χ0n) is 18.7. The van der Waals surface area contributed by atoms with Crippen molar-refractivity contribution in [2.24, 2.45) is 11.3 Å². The van der Waals surface area contributed by atoms with Crippen molar-refractivity contribution in [2.75, 3.05) is 27.2 Å². The molecule has 1 aromatic carbocycles. The molecule has 0 N–H and O–H groups in total. The van der Waals surface area contributed by atoms with Crippen molar-refractivity contribution in [3.63, 3.8) is 0 Å². The zero-order chi connectivity index (χ0) is 21.8. The first kappa shape index (κ1) is 21.5. The van der Waals surface area contributed by atoms with Gasteiger partial charge < -0.3 is 9.80 Å². The highest BCUT2D eigenvalue weighted by atomic mass is 16.2. The molecule has 2 heterocycles. The van der Waals surface area contributed by atoms with E-state index in [1.165, 1.54) is 12.8 Å². The molecule has 1 aromatic heterocycles. The molecule has 2 aliphatic rings. The lowest BCUT2D eigenvalue weighted by Crippen LogP contribution is -2.51. The highest BCUT2D eigenvalue weighted by Gasteiger charge is 2.44. The summed E-state index contributed by atoms with van der Waals surface area (Å²) in [6.45, 7) is 1.36. The Kier molecular flexibility index (Phi) is 6.40. The van der Waals surface area contributed by atoms with E-state index in [9.17, 15) is 9.59 Å². The highest BCUT2D eigenvalue weighted by Crippen LogP contribution is 2.39. The Hall–Kier alpha value is -2.69. The van der Waals surface area contributed by atoms with Crippen molar-refractivity contribution in [3.8, 4) is 11.1 Å². The fraction of sp³-hybridized carbons (Fsp3) is 0.500. The van der Waals surface area contributed by atoms with Gasteiger partial charge in [0.25, 0.3) is 0 Å². The average molecular weight is 420 g/mol. The second kappa shape index (κ2) is 9.21. The van der Waals surface area contributed by atoms with E-state index in [-0.39, 0.29) is 11.8 Å². The number of piperidine rings is 1. The van der Waals surface area contributed by atoms with Crippen molar-refractivity contribution in [2.45, 2.75) is 44.9 Å². The second-order valence-electron chi connectivity index (χ2n) is 9.41. The lowest BCUT2D eigenvalue weighted by atomic mass is 9.72. The van der Waals surface area contributed by atoms with Gasteiger partial charge in [-0.1, -0.05) is 43.2 Å². The molecule has 164 valence electrons. The topological polar surface area (TPSA) is 53.5 Å². The van der Waals surface area contributed by atoms with Crippen LogP contribution in [0.15, 0.2) is 48.8 Å². The summed E-state index contributed by atoms with van der Waals surface area (Å²) in [5.41, 5.74) is 2.90. The minimum Gasteiger partial charge on any atom is -0.348 e. The minimum atomic E-state index is -0.455. The van der Waals surface area contributed by atoms with Crippen LogP contribution in [0.1, 0.15) is 44.1 Å². The van der Waals surface area contributed by atoms with Gasteiger partial charge in [-0.15, -0.1) is 0 Å². The van der Waals surface area contributed by atoms with Crippen molar-refractivity contribution in [1.29, 1.82) is 0 Å². The van der Waals surface area contributed by atoms with Gasteiger partial charge in [-0.25, -0.2) is 0 Å². The van der Waals surface area contributed by atoms with E-state index in [0.29, 0.717) is 25.4 Å². The van der Waals surface area contributed by atoms with E-state index in [1.807, 2.05) is 31.3 Å². The van der Waals surface area contributed by atoms with Crippen molar-refractivity contribution in [1.82, 2.24) is 14.8 Å². The molecule has 1 saturated carbocycles. The molecular weight excluding hydrogens is 386 g/mol. The van der Waals surface area contributed by atoms with Gasteiger partial charge in [0, 0.05) is 45.5 Å². The summed E-state index contributed by atoms with van der Waals surface area (Å²) in [6, 6.07) is 12.4. The van der Waals surface area contributed by atoms with Gasteiger partial charge in [-0.05, 0) is 54.9 Å². The standard InChI is InChI=1S/C26H33N3O2/c1-28(2)25(31)26(12-15-29(16-13-26)24(30)21-8-3-4-9-21)18-20-7-5-10-22(17-20)23-11-6-14-27-19-23/h5-7,10-11,14,17,19,21H,3-4,8-9,12-13,15-16,18H2,1-2H3. The van der Waals surface area contributed by atoms with Gasteiger partial charge in [-0.3, -0.25) is 14.6 Å². The molecule has 31 heavy (non-hydrogen) atoms. The summed E-state index contributed by atoms with van der Waals surface area (Å²) in [6.07, 6.45) is 10.2. The van der Waals surface area contributed by atoms with Gasteiger partial charge in [0.15, 0.2) is 0 Å². The van der Waals surface area contributed by atoms with Crippen LogP contribution in [0, 0.1) is 11.3 Å². The van der Waals surface area contributed by atoms with Gasteiger partial charge in [-0.2, -0.15) is 0 Å². The summed E-state index contributed by atoms with van der Waals surface area (Å²) in [5.74, 6) is 0.683. The quantitative estimate of drug-likeness (QED) is 0.731. The van der Waals surface area contributed by atoms with Crippen LogP contribution in [0.5, 0.6) is 0 Å². The first-order valence-electron chi connectivity index (χ1n) is 11.5. The van der Waals surface area contributed by atoms with Gasteiger partial charge in [0.2, 0.25) is 11.8 Å². The maximum atomic E-state index is 13.3. The zero-order valence-corrected chi connectivity index (χ0v) is 18.7. The van der Waals surface area contributed by atoms with Crippen molar-refractivity contribution >= 4 is 11.8 Å². The third-order valence-electron chi connectivity index (χ3n) is 7.06. The van der Waals surface area contributed by atoms with Gasteiger partial charge >= 0.3 is 0 Å². The Balaban J connectivity index is 1.53. The molecule has 1 aliphatic carbocycles. The Labute approximate surface area is 185 Å². The number of carbonyl (C=O) groups excluding carboxylic acids is 2. The predicted octanol–water partition coefficient (Wildman–Crippen LogP) is 4.18. The van der Waals surface area contributed by atoms with Crippen LogP contribution < -0.4 is 0 Å². The van der Waals surface area contributed by atoms with Crippen LogP contribution in [0.4, 0.5) is 0 Å². The molecule has 1 aliphatic heterocycles. The molecule has 1 saturated heterocycles. The monoisotopic (exact) mass is 419 g/mol. The van der Waals surface area contributed by atoms with Crippen LogP contribution in [0.25, 0.3) is 11.1 Å².